The van der Waals surface area contributed by atoms with Gasteiger partial charge in [0, 0.05) is 6.54 Å². The first-order valence-corrected chi connectivity index (χ1v) is 12.1. The second-order valence-electron chi connectivity index (χ2n) is 6.77. The standard InChI is InChI=1S/C24H23IN2O5S/c1-4-10-32-21-18(25)11-15(12-19(21)31-6-3)13-20-22(28)27(5-2)24(33-20)26-17-9-7-8-16(14-17)23(29)30/h4,7-9,11-14H,1,5-6,10H2,2-3H3,(H,29,30). The maximum atomic E-state index is 13.0. The van der Waals surface area contributed by atoms with Crippen LogP contribution in [-0.4, -0.2) is 46.8 Å². The van der Waals surface area contributed by atoms with Gasteiger partial charge < -0.3 is 14.6 Å². The van der Waals surface area contributed by atoms with Crippen LogP contribution < -0.4 is 9.47 Å². The van der Waals surface area contributed by atoms with Crippen LogP contribution in [0.5, 0.6) is 11.5 Å². The number of carbonyl (C=O) groups excluding carboxylic acids is 1. The van der Waals surface area contributed by atoms with Gasteiger partial charge in [-0.3, -0.25) is 9.69 Å². The maximum absolute atomic E-state index is 13.0. The topological polar surface area (TPSA) is 88.4 Å². The molecule has 0 aliphatic carbocycles. The van der Waals surface area contributed by atoms with Crippen molar-refractivity contribution in [2.24, 2.45) is 4.99 Å². The molecule has 0 aromatic heterocycles. The lowest BCUT2D eigenvalue weighted by Crippen LogP contribution is -2.28. The van der Waals surface area contributed by atoms with Crippen molar-refractivity contribution >= 4 is 63.2 Å². The lowest BCUT2D eigenvalue weighted by Gasteiger charge is -2.14. The van der Waals surface area contributed by atoms with Gasteiger partial charge in [-0.1, -0.05) is 18.7 Å². The molecule has 0 unspecified atom stereocenters. The van der Waals surface area contributed by atoms with Crippen LogP contribution >= 0.6 is 34.4 Å². The van der Waals surface area contributed by atoms with Crippen molar-refractivity contribution in [3.8, 4) is 11.5 Å². The lowest BCUT2D eigenvalue weighted by molar-refractivity contribution is -0.122. The summed E-state index contributed by atoms with van der Waals surface area (Å²) in [4.78, 5) is 30.9. The number of carbonyl (C=O) groups is 2. The predicted molar refractivity (Wildman–Crippen MR) is 139 cm³/mol. The maximum Gasteiger partial charge on any atom is 0.335 e. The van der Waals surface area contributed by atoms with Crippen molar-refractivity contribution in [2.75, 3.05) is 19.8 Å². The third-order valence-electron chi connectivity index (χ3n) is 4.50. The third-order valence-corrected chi connectivity index (χ3v) is 6.31. The van der Waals surface area contributed by atoms with E-state index in [2.05, 4.69) is 34.2 Å². The number of likely N-dealkylation sites (N-methyl/N-ethyl adjacent to an activating group) is 1. The quantitative estimate of drug-likeness (QED) is 0.238. The summed E-state index contributed by atoms with van der Waals surface area (Å²) in [6, 6.07) is 10.1. The number of aliphatic imine (C=N–C) groups is 1. The van der Waals surface area contributed by atoms with E-state index >= 15 is 0 Å². The van der Waals surface area contributed by atoms with E-state index in [1.807, 2.05) is 26.0 Å². The average Bonchev–Trinajstić information content (AvgIpc) is 3.07. The van der Waals surface area contributed by atoms with E-state index in [-0.39, 0.29) is 11.5 Å². The van der Waals surface area contributed by atoms with Gasteiger partial charge in [0.2, 0.25) is 0 Å². The molecule has 0 atom stereocenters. The Morgan fingerprint density at radius 1 is 1.27 bits per heavy atom. The van der Waals surface area contributed by atoms with E-state index in [1.165, 1.54) is 23.9 Å². The first-order chi connectivity index (χ1) is 15.9. The van der Waals surface area contributed by atoms with Gasteiger partial charge in [0.1, 0.15) is 6.61 Å². The first kappa shape index (κ1) is 24.8. The lowest BCUT2D eigenvalue weighted by atomic mass is 10.2. The molecule has 1 aliphatic heterocycles. The number of benzene rings is 2. The summed E-state index contributed by atoms with van der Waals surface area (Å²) in [5.41, 5.74) is 1.42. The Morgan fingerprint density at radius 2 is 2.06 bits per heavy atom. The zero-order valence-electron chi connectivity index (χ0n) is 18.2. The fourth-order valence-corrected chi connectivity index (χ4v) is 4.90. The molecule has 1 fully saturated rings. The Kier molecular flexibility index (Phi) is 8.56. The summed E-state index contributed by atoms with van der Waals surface area (Å²) in [7, 11) is 0. The number of amidine groups is 1. The number of amides is 1. The van der Waals surface area contributed by atoms with Crippen LogP contribution in [0, 0.1) is 3.57 Å². The molecule has 1 saturated heterocycles. The fraction of sp³-hybridized carbons (Fsp3) is 0.208. The SMILES string of the molecule is C=CCOc1c(I)cc(C=C2SC(=Nc3cccc(C(=O)O)c3)N(CC)C2=O)cc1OCC. The minimum Gasteiger partial charge on any atom is -0.490 e. The first-order valence-electron chi connectivity index (χ1n) is 10.2. The molecule has 0 saturated carbocycles. The second kappa shape index (κ2) is 11.4. The second-order valence-corrected chi connectivity index (χ2v) is 8.94. The molecule has 2 aromatic carbocycles. The molecule has 7 nitrogen and oxygen atoms in total. The van der Waals surface area contributed by atoms with Gasteiger partial charge in [0.15, 0.2) is 16.7 Å². The molecule has 3 rings (SSSR count). The zero-order valence-corrected chi connectivity index (χ0v) is 21.2. The largest absolute Gasteiger partial charge is 0.490 e. The van der Waals surface area contributed by atoms with Crippen molar-refractivity contribution in [3.63, 3.8) is 0 Å². The summed E-state index contributed by atoms with van der Waals surface area (Å²) >= 11 is 3.43. The van der Waals surface area contributed by atoms with Gasteiger partial charge >= 0.3 is 5.97 Å². The molecular formula is C24H23IN2O5S. The number of rotatable bonds is 9. The van der Waals surface area contributed by atoms with Crippen LogP contribution in [0.3, 0.4) is 0 Å². The number of carboxylic acid groups (broad SMARTS) is 1. The van der Waals surface area contributed by atoms with E-state index in [1.54, 1.807) is 29.2 Å². The number of aromatic carboxylic acids is 1. The molecule has 2 aromatic rings. The van der Waals surface area contributed by atoms with Crippen LogP contribution in [0.15, 0.2) is 59.0 Å². The van der Waals surface area contributed by atoms with Crippen LogP contribution in [0.1, 0.15) is 29.8 Å². The Hall–Kier alpha value is -2.79. The van der Waals surface area contributed by atoms with Crippen LogP contribution in [0.25, 0.3) is 6.08 Å². The van der Waals surface area contributed by atoms with E-state index in [0.717, 1.165) is 9.13 Å². The highest BCUT2D eigenvalue weighted by Gasteiger charge is 2.32. The van der Waals surface area contributed by atoms with Crippen molar-refractivity contribution in [1.82, 2.24) is 4.90 Å². The van der Waals surface area contributed by atoms with Crippen molar-refractivity contribution in [3.05, 3.63) is 68.7 Å². The Bertz CT molecular complexity index is 1150. The normalized spacial score (nSPS) is 15.8. The van der Waals surface area contributed by atoms with E-state index in [0.29, 0.717) is 47.0 Å². The highest BCUT2D eigenvalue weighted by atomic mass is 127. The Balaban J connectivity index is 1.96. The monoisotopic (exact) mass is 578 g/mol. The number of thioether (sulfide) groups is 1. The highest BCUT2D eigenvalue weighted by Crippen LogP contribution is 2.38. The number of halogens is 1. The highest BCUT2D eigenvalue weighted by molar-refractivity contribution is 14.1. The summed E-state index contributed by atoms with van der Waals surface area (Å²) in [5.74, 6) is 0.0527. The molecule has 33 heavy (non-hydrogen) atoms. The Morgan fingerprint density at radius 3 is 2.73 bits per heavy atom. The predicted octanol–water partition coefficient (Wildman–Crippen LogP) is 5.58. The molecule has 1 heterocycles. The molecule has 0 radical (unpaired) electrons. The minimum atomic E-state index is -1.03. The third kappa shape index (κ3) is 5.97. The van der Waals surface area contributed by atoms with Gasteiger partial charge in [-0.25, -0.2) is 9.79 Å². The van der Waals surface area contributed by atoms with Crippen LogP contribution in [-0.2, 0) is 4.79 Å². The number of nitrogens with zero attached hydrogens (tertiary/aromatic N) is 2. The van der Waals surface area contributed by atoms with E-state index in [4.69, 9.17) is 9.47 Å². The summed E-state index contributed by atoms with van der Waals surface area (Å²) < 4.78 is 12.4. The summed E-state index contributed by atoms with van der Waals surface area (Å²) in [6.07, 6.45) is 3.47. The van der Waals surface area contributed by atoms with Crippen molar-refractivity contribution < 1.29 is 24.2 Å². The smallest absolute Gasteiger partial charge is 0.335 e. The van der Waals surface area contributed by atoms with Crippen LogP contribution in [0.4, 0.5) is 5.69 Å². The van der Waals surface area contributed by atoms with Gasteiger partial charge in [0.25, 0.3) is 5.91 Å². The molecule has 1 aliphatic rings. The van der Waals surface area contributed by atoms with Gasteiger partial charge in [-0.2, -0.15) is 0 Å². The zero-order chi connectivity index (χ0) is 24.0. The van der Waals surface area contributed by atoms with Crippen molar-refractivity contribution in [1.29, 1.82) is 0 Å². The molecule has 172 valence electrons. The fourth-order valence-electron chi connectivity index (χ4n) is 3.06. The van der Waals surface area contributed by atoms with Crippen LogP contribution in [0.2, 0.25) is 0 Å². The van der Waals surface area contributed by atoms with Gasteiger partial charge in [-0.05, 0) is 90.2 Å². The molecule has 1 N–H and O–H groups in total. The van der Waals surface area contributed by atoms with E-state index in [9.17, 15) is 14.7 Å². The Labute approximate surface area is 210 Å². The summed E-state index contributed by atoms with van der Waals surface area (Å²) in [5, 5.41) is 9.72. The molecule has 9 heteroatoms. The number of carboxylic acids is 1. The van der Waals surface area contributed by atoms with Gasteiger partial charge in [0.05, 0.1) is 26.3 Å². The molecule has 0 spiro atoms. The van der Waals surface area contributed by atoms with E-state index < -0.39 is 5.97 Å². The summed E-state index contributed by atoms with van der Waals surface area (Å²) in [6.45, 7) is 8.72. The molecular weight excluding hydrogens is 555 g/mol. The molecule has 1 amide bonds. The average molecular weight is 578 g/mol. The van der Waals surface area contributed by atoms with Crippen molar-refractivity contribution in [2.45, 2.75) is 13.8 Å². The number of hydrogen-bond donors (Lipinski definition) is 1. The molecule has 0 bridgehead atoms. The number of ether oxygens (including phenoxy) is 2. The van der Waals surface area contributed by atoms with Gasteiger partial charge in [-0.15, -0.1) is 0 Å². The minimum absolute atomic E-state index is 0.141. The number of hydrogen-bond acceptors (Lipinski definition) is 6.